The molecule has 4 rings (SSSR count). The number of hydrogen-bond donors (Lipinski definition) is 1. The maximum atomic E-state index is 14.3. The van der Waals surface area contributed by atoms with Gasteiger partial charge in [0.1, 0.15) is 18.2 Å². The molecule has 0 aliphatic carbocycles. The number of ether oxygens (including phenoxy) is 2. The molecule has 2 N–H and O–H groups in total. The van der Waals surface area contributed by atoms with Gasteiger partial charge in [-0.3, -0.25) is 19.3 Å². The van der Waals surface area contributed by atoms with Crippen molar-refractivity contribution in [2.75, 3.05) is 13.7 Å². The van der Waals surface area contributed by atoms with Gasteiger partial charge in [-0.15, -0.1) is 0 Å². The Morgan fingerprint density at radius 3 is 2.40 bits per heavy atom. The molecule has 3 amide bonds. The molecule has 1 aliphatic heterocycles. The summed E-state index contributed by atoms with van der Waals surface area (Å²) in [6.45, 7) is 7.30. The van der Waals surface area contributed by atoms with Crippen molar-refractivity contribution in [3.8, 4) is 0 Å². The zero-order chi connectivity index (χ0) is 32.8. The van der Waals surface area contributed by atoms with Crippen LogP contribution in [0.2, 0.25) is 0 Å². The third kappa shape index (κ3) is 7.56. The van der Waals surface area contributed by atoms with Crippen LogP contribution in [0.4, 0.5) is 4.79 Å². The third-order valence-electron chi connectivity index (χ3n) is 7.91. The van der Waals surface area contributed by atoms with Gasteiger partial charge in [-0.25, -0.2) is 14.6 Å². The number of methoxy groups -OCH3 is 1. The first-order valence-corrected chi connectivity index (χ1v) is 15.0. The standard InChI is InChI=1S/C33H40N4O8/c1-19(2)27(34)31(40)37(33(42)36-15-9-12-23(36)17-26(38)44-18-21-10-7-6-8-11-21)28(20(3)4)29(39)30-35-24-14-13-22(32(41)43-5)16-25(24)45-30/h6-8,10-11,13-14,16,19-20,23,27-28H,9,12,15,17-18,34H2,1-5H3/t23?,27-,28-/m0/s1. The molecule has 2 heterocycles. The maximum Gasteiger partial charge on any atom is 0.337 e. The minimum atomic E-state index is -1.31. The molecule has 0 radical (unpaired) electrons. The highest BCUT2D eigenvalue weighted by atomic mass is 16.5. The van der Waals surface area contributed by atoms with Gasteiger partial charge >= 0.3 is 18.0 Å². The van der Waals surface area contributed by atoms with Gasteiger partial charge in [0, 0.05) is 12.6 Å². The molecule has 1 aliphatic rings. The molecular formula is C33H40N4O8. The summed E-state index contributed by atoms with van der Waals surface area (Å²) in [5, 5.41) is 0. The van der Waals surface area contributed by atoms with Crippen LogP contribution in [-0.4, -0.2) is 76.2 Å². The number of carbonyl (C=O) groups is 5. The second-order valence-electron chi connectivity index (χ2n) is 11.8. The lowest BCUT2D eigenvalue weighted by molar-refractivity contribution is -0.146. The van der Waals surface area contributed by atoms with Gasteiger partial charge in [-0.2, -0.15) is 0 Å². The number of hydrogen-bond acceptors (Lipinski definition) is 10. The lowest BCUT2D eigenvalue weighted by atomic mass is 9.95. The molecule has 2 aromatic carbocycles. The Hall–Kier alpha value is -4.58. The number of amides is 3. The summed E-state index contributed by atoms with van der Waals surface area (Å²) in [7, 11) is 1.25. The topological polar surface area (TPSA) is 162 Å². The Kier molecular flexibility index (Phi) is 10.7. The summed E-state index contributed by atoms with van der Waals surface area (Å²) >= 11 is 0. The number of nitrogens with zero attached hydrogens (tertiary/aromatic N) is 3. The number of rotatable bonds is 11. The van der Waals surface area contributed by atoms with E-state index in [1.807, 2.05) is 30.3 Å². The normalized spacial score (nSPS) is 16.1. The van der Waals surface area contributed by atoms with Gasteiger partial charge in [-0.05, 0) is 48.4 Å². The third-order valence-corrected chi connectivity index (χ3v) is 7.91. The van der Waals surface area contributed by atoms with Crippen molar-refractivity contribution >= 4 is 40.8 Å². The molecule has 45 heavy (non-hydrogen) atoms. The summed E-state index contributed by atoms with van der Waals surface area (Å²) in [4.78, 5) is 73.6. The molecule has 1 saturated heterocycles. The number of urea groups is 1. The van der Waals surface area contributed by atoms with Crippen molar-refractivity contribution < 1.29 is 37.9 Å². The Balaban J connectivity index is 1.62. The zero-order valence-corrected chi connectivity index (χ0v) is 26.2. The molecule has 240 valence electrons. The fraction of sp³-hybridized carbons (Fsp3) is 0.455. The molecule has 0 spiro atoms. The van der Waals surface area contributed by atoms with Crippen LogP contribution in [0.1, 0.15) is 73.6 Å². The Morgan fingerprint density at radius 2 is 1.76 bits per heavy atom. The lowest BCUT2D eigenvalue weighted by Gasteiger charge is -2.37. The fourth-order valence-corrected chi connectivity index (χ4v) is 5.34. The number of oxazole rings is 1. The van der Waals surface area contributed by atoms with Crippen molar-refractivity contribution in [1.29, 1.82) is 0 Å². The zero-order valence-electron chi connectivity index (χ0n) is 26.2. The number of carbonyl (C=O) groups excluding carboxylic acids is 5. The number of likely N-dealkylation sites (tertiary alicyclic amines) is 1. The highest BCUT2D eigenvalue weighted by Crippen LogP contribution is 2.28. The molecule has 1 aromatic heterocycles. The van der Waals surface area contributed by atoms with Crippen LogP contribution in [0.3, 0.4) is 0 Å². The molecule has 1 fully saturated rings. The van der Waals surface area contributed by atoms with Crippen LogP contribution in [0.5, 0.6) is 0 Å². The quantitative estimate of drug-likeness (QED) is 0.241. The number of aromatic nitrogens is 1. The molecule has 12 heteroatoms. The number of benzene rings is 2. The first-order valence-electron chi connectivity index (χ1n) is 15.0. The molecule has 12 nitrogen and oxygen atoms in total. The van der Waals surface area contributed by atoms with Crippen molar-refractivity contribution in [3.63, 3.8) is 0 Å². The smallest absolute Gasteiger partial charge is 0.337 e. The van der Waals surface area contributed by atoms with Crippen LogP contribution in [0.15, 0.2) is 52.9 Å². The summed E-state index contributed by atoms with van der Waals surface area (Å²) < 4.78 is 16.0. The Labute approximate surface area is 261 Å². The van der Waals surface area contributed by atoms with E-state index in [9.17, 15) is 24.0 Å². The molecule has 1 unspecified atom stereocenters. The molecule has 3 aromatic rings. The van der Waals surface area contributed by atoms with Crippen LogP contribution >= 0.6 is 0 Å². The summed E-state index contributed by atoms with van der Waals surface area (Å²) in [6.07, 6.45) is 1.07. The van der Waals surface area contributed by atoms with E-state index in [4.69, 9.17) is 19.6 Å². The Bertz CT molecular complexity index is 1550. The van der Waals surface area contributed by atoms with Gasteiger partial charge in [-0.1, -0.05) is 58.0 Å². The van der Waals surface area contributed by atoms with Gasteiger partial charge in [0.15, 0.2) is 5.58 Å². The van der Waals surface area contributed by atoms with Crippen molar-refractivity contribution in [2.45, 2.75) is 71.7 Å². The fourth-order valence-electron chi connectivity index (χ4n) is 5.34. The minimum absolute atomic E-state index is 0.0647. The van der Waals surface area contributed by atoms with E-state index < -0.39 is 53.7 Å². The van der Waals surface area contributed by atoms with E-state index in [1.165, 1.54) is 30.2 Å². The van der Waals surface area contributed by atoms with Crippen molar-refractivity contribution in [2.24, 2.45) is 17.6 Å². The van der Waals surface area contributed by atoms with E-state index >= 15 is 0 Å². The number of esters is 2. The summed E-state index contributed by atoms with van der Waals surface area (Å²) in [5.41, 5.74) is 7.79. The first kappa shape index (κ1) is 33.3. The van der Waals surface area contributed by atoms with E-state index in [0.29, 0.717) is 18.4 Å². The van der Waals surface area contributed by atoms with E-state index in [0.717, 1.165) is 10.5 Å². The number of imide groups is 1. The SMILES string of the molecule is COC(=O)c1ccc2nc(C(=O)[C@H](C(C)C)N(C(=O)[C@@H](N)C(C)C)C(=O)N3CCCC3CC(=O)OCc3ccccc3)oc2c1. The second-order valence-corrected chi connectivity index (χ2v) is 11.8. The first-order chi connectivity index (χ1) is 21.4. The van der Waals surface area contributed by atoms with Crippen molar-refractivity contribution in [1.82, 2.24) is 14.8 Å². The second kappa shape index (κ2) is 14.5. The number of Topliss-reactive ketones (excluding diaryl/α,β-unsaturated/α-hetero) is 1. The molecule has 0 saturated carbocycles. The van der Waals surface area contributed by atoms with E-state index in [2.05, 4.69) is 4.98 Å². The van der Waals surface area contributed by atoms with E-state index in [-0.39, 0.29) is 42.5 Å². The number of fused-ring (bicyclic) bond motifs is 1. The average Bonchev–Trinajstić information content (AvgIpc) is 3.68. The highest BCUT2D eigenvalue weighted by molar-refractivity contribution is 6.07. The monoisotopic (exact) mass is 620 g/mol. The Morgan fingerprint density at radius 1 is 1.04 bits per heavy atom. The molecule has 3 atom stereocenters. The lowest BCUT2D eigenvalue weighted by Crippen LogP contribution is -2.60. The van der Waals surface area contributed by atoms with Crippen molar-refractivity contribution in [3.05, 3.63) is 65.5 Å². The largest absolute Gasteiger partial charge is 0.465 e. The van der Waals surface area contributed by atoms with Gasteiger partial charge < -0.3 is 24.5 Å². The van der Waals surface area contributed by atoms with Crippen LogP contribution in [0.25, 0.3) is 11.1 Å². The summed E-state index contributed by atoms with van der Waals surface area (Å²) in [6, 6.07) is 10.0. The predicted octanol–water partition coefficient (Wildman–Crippen LogP) is 4.35. The van der Waals surface area contributed by atoms with E-state index in [1.54, 1.807) is 27.7 Å². The summed E-state index contributed by atoms with van der Waals surface area (Å²) in [5.74, 6) is -3.69. The van der Waals surface area contributed by atoms with Gasteiger partial charge in [0.25, 0.3) is 5.89 Å². The minimum Gasteiger partial charge on any atom is -0.465 e. The van der Waals surface area contributed by atoms with Crippen LogP contribution in [-0.2, 0) is 25.7 Å². The average molecular weight is 621 g/mol. The maximum absolute atomic E-state index is 14.3. The number of ketones is 1. The number of nitrogens with two attached hydrogens (primary N) is 1. The highest BCUT2D eigenvalue weighted by Gasteiger charge is 2.45. The van der Waals surface area contributed by atoms with Gasteiger partial charge in [0.05, 0.1) is 25.1 Å². The molecule has 0 bridgehead atoms. The van der Waals surface area contributed by atoms with Gasteiger partial charge in [0.2, 0.25) is 11.7 Å². The molecular weight excluding hydrogens is 580 g/mol. The van der Waals surface area contributed by atoms with Crippen LogP contribution < -0.4 is 5.73 Å². The predicted molar refractivity (Wildman–Crippen MR) is 164 cm³/mol. The van der Waals surface area contributed by atoms with Crippen LogP contribution in [0, 0.1) is 11.8 Å².